The Morgan fingerprint density at radius 2 is 2.06 bits per heavy atom. The van der Waals surface area contributed by atoms with Gasteiger partial charge in [0, 0.05) is 25.0 Å². The van der Waals surface area contributed by atoms with E-state index in [-0.39, 0.29) is 23.5 Å². The van der Waals surface area contributed by atoms with Gasteiger partial charge in [0.05, 0.1) is 7.11 Å². The number of ether oxygens (including phenoxy) is 1. The molecule has 1 fully saturated rings. The SMILES string of the molecule is COC(=O)C1CCCN1C(=O)CCNC(C)(C)C. The maximum Gasteiger partial charge on any atom is 0.328 e. The number of hydrogen-bond acceptors (Lipinski definition) is 4. The maximum absolute atomic E-state index is 12.0. The standard InChI is InChI=1S/C13H24N2O3/c1-13(2,3)14-8-7-11(16)15-9-5-6-10(15)12(17)18-4/h10,14H,5-9H2,1-4H3. The van der Waals surface area contributed by atoms with E-state index in [0.29, 0.717) is 25.9 Å². The Morgan fingerprint density at radius 3 is 2.61 bits per heavy atom. The molecule has 0 aromatic carbocycles. The largest absolute Gasteiger partial charge is 0.467 e. The van der Waals surface area contributed by atoms with Gasteiger partial charge in [-0.25, -0.2) is 4.79 Å². The lowest BCUT2D eigenvalue weighted by atomic mass is 10.1. The molecule has 1 heterocycles. The van der Waals surface area contributed by atoms with Crippen LogP contribution in [0.25, 0.3) is 0 Å². The van der Waals surface area contributed by atoms with E-state index >= 15 is 0 Å². The molecule has 18 heavy (non-hydrogen) atoms. The smallest absolute Gasteiger partial charge is 0.328 e. The second-order valence-electron chi connectivity index (χ2n) is 5.70. The van der Waals surface area contributed by atoms with Crippen LogP contribution in [0.2, 0.25) is 0 Å². The summed E-state index contributed by atoms with van der Waals surface area (Å²) < 4.78 is 4.72. The second kappa shape index (κ2) is 6.18. The van der Waals surface area contributed by atoms with Crippen molar-refractivity contribution in [2.24, 2.45) is 0 Å². The molecule has 0 spiro atoms. The lowest BCUT2D eigenvalue weighted by Gasteiger charge is -2.24. The molecule has 104 valence electrons. The fourth-order valence-electron chi connectivity index (χ4n) is 2.13. The molecule has 1 atom stereocenters. The highest BCUT2D eigenvalue weighted by Crippen LogP contribution is 2.19. The van der Waals surface area contributed by atoms with Crippen molar-refractivity contribution in [2.45, 2.75) is 51.6 Å². The molecule has 0 aromatic rings. The fourth-order valence-corrected chi connectivity index (χ4v) is 2.13. The Hall–Kier alpha value is -1.10. The topological polar surface area (TPSA) is 58.6 Å². The highest BCUT2D eigenvalue weighted by molar-refractivity contribution is 5.85. The molecular formula is C13H24N2O3. The molecule has 5 heteroatoms. The van der Waals surface area contributed by atoms with Crippen molar-refractivity contribution in [1.29, 1.82) is 0 Å². The molecule has 0 radical (unpaired) electrons. The molecule has 1 aliphatic heterocycles. The minimum atomic E-state index is -0.378. The number of amides is 1. The van der Waals surface area contributed by atoms with Gasteiger partial charge < -0.3 is 15.0 Å². The average molecular weight is 256 g/mol. The van der Waals surface area contributed by atoms with Gasteiger partial charge in [-0.05, 0) is 33.6 Å². The minimum absolute atomic E-state index is 0.00698. The predicted octanol–water partition coefficient (Wildman–Crippen LogP) is 0.929. The van der Waals surface area contributed by atoms with Crippen LogP contribution in [0.4, 0.5) is 0 Å². The zero-order valence-electron chi connectivity index (χ0n) is 11.8. The molecule has 1 aliphatic rings. The highest BCUT2D eigenvalue weighted by atomic mass is 16.5. The zero-order chi connectivity index (χ0) is 13.8. The van der Waals surface area contributed by atoms with Crippen molar-refractivity contribution in [3.8, 4) is 0 Å². The van der Waals surface area contributed by atoms with Crippen molar-refractivity contribution in [1.82, 2.24) is 10.2 Å². The third kappa shape index (κ3) is 4.29. The third-order valence-electron chi connectivity index (χ3n) is 3.04. The monoisotopic (exact) mass is 256 g/mol. The number of nitrogens with zero attached hydrogens (tertiary/aromatic N) is 1. The summed E-state index contributed by atoms with van der Waals surface area (Å²) in [5.41, 5.74) is 0.00698. The molecule has 1 saturated heterocycles. The van der Waals surface area contributed by atoms with Gasteiger partial charge in [0.2, 0.25) is 5.91 Å². The number of hydrogen-bond donors (Lipinski definition) is 1. The Balaban J connectivity index is 2.43. The normalized spacial score (nSPS) is 20.0. The number of nitrogens with one attached hydrogen (secondary N) is 1. The molecule has 0 aromatic heterocycles. The zero-order valence-corrected chi connectivity index (χ0v) is 11.8. The number of esters is 1. The molecule has 0 bridgehead atoms. The van der Waals surface area contributed by atoms with Gasteiger partial charge >= 0.3 is 5.97 Å². The second-order valence-corrected chi connectivity index (χ2v) is 5.70. The van der Waals surface area contributed by atoms with E-state index in [4.69, 9.17) is 4.74 Å². The lowest BCUT2D eigenvalue weighted by molar-refractivity contribution is -0.150. The highest BCUT2D eigenvalue weighted by Gasteiger charge is 2.34. The molecule has 5 nitrogen and oxygen atoms in total. The Kier molecular flexibility index (Phi) is 5.14. The summed E-state index contributed by atoms with van der Waals surface area (Å²) in [7, 11) is 1.37. The molecule has 1 unspecified atom stereocenters. The minimum Gasteiger partial charge on any atom is -0.467 e. The molecule has 1 amide bonds. The van der Waals surface area contributed by atoms with Gasteiger partial charge in [-0.15, -0.1) is 0 Å². The van der Waals surface area contributed by atoms with Gasteiger partial charge in [0.25, 0.3) is 0 Å². The van der Waals surface area contributed by atoms with Crippen LogP contribution in [0, 0.1) is 0 Å². The molecule has 0 saturated carbocycles. The van der Waals surface area contributed by atoms with E-state index in [1.807, 2.05) is 0 Å². The summed E-state index contributed by atoms with van der Waals surface area (Å²) in [6.07, 6.45) is 2.01. The Morgan fingerprint density at radius 1 is 1.39 bits per heavy atom. The first kappa shape index (κ1) is 15.0. The Labute approximate surface area is 109 Å². The Bertz CT molecular complexity index is 310. The maximum atomic E-state index is 12.0. The van der Waals surface area contributed by atoms with Crippen molar-refractivity contribution in [2.75, 3.05) is 20.2 Å². The van der Waals surface area contributed by atoms with E-state index in [2.05, 4.69) is 26.1 Å². The van der Waals surface area contributed by atoms with E-state index in [0.717, 1.165) is 6.42 Å². The molecule has 0 aliphatic carbocycles. The van der Waals surface area contributed by atoms with E-state index < -0.39 is 0 Å². The van der Waals surface area contributed by atoms with Crippen molar-refractivity contribution in [3.63, 3.8) is 0 Å². The summed E-state index contributed by atoms with van der Waals surface area (Å²) in [6, 6.07) is -0.378. The first-order valence-electron chi connectivity index (χ1n) is 6.47. The van der Waals surface area contributed by atoms with Crippen LogP contribution in [0.3, 0.4) is 0 Å². The first-order valence-corrected chi connectivity index (χ1v) is 6.47. The van der Waals surface area contributed by atoms with Crippen LogP contribution in [0.5, 0.6) is 0 Å². The summed E-state index contributed by atoms with van der Waals surface area (Å²) in [5, 5.41) is 3.27. The van der Waals surface area contributed by atoms with Gasteiger partial charge in [-0.2, -0.15) is 0 Å². The van der Waals surface area contributed by atoms with E-state index in [1.165, 1.54) is 7.11 Å². The summed E-state index contributed by atoms with van der Waals surface area (Å²) >= 11 is 0. The average Bonchev–Trinajstić information content (AvgIpc) is 2.75. The summed E-state index contributed by atoms with van der Waals surface area (Å²) in [6.45, 7) is 7.47. The lowest BCUT2D eigenvalue weighted by Crippen LogP contribution is -2.43. The van der Waals surface area contributed by atoms with Gasteiger partial charge in [-0.3, -0.25) is 4.79 Å². The number of rotatable bonds is 4. The van der Waals surface area contributed by atoms with E-state index in [9.17, 15) is 9.59 Å². The van der Waals surface area contributed by atoms with Crippen molar-refractivity contribution >= 4 is 11.9 Å². The van der Waals surface area contributed by atoms with Crippen molar-refractivity contribution < 1.29 is 14.3 Å². The van der Waals surface area contributed by atoms with Gasteiger partial charge in [-0.1, -0.05) is 0 Å². The van der Waals surface area contributed by atoms with Gasteiger partial charge in [0.15, 0.2) is 0 Å². The van der Waals surface area contributed by atoms with Crippen LogP contribution in [-0.4, -0.2) is 48.6 Å². The van der Waals surface area contributed by atoms with Crippen LogP contribution in [-0.2, 0) is 14.3 Å². The van der Waals surface area contributed by atoms with Crippen LogP contribution in [0.15, 0.2) is 0 Å². The van der Waals surface area contributed by atoms with E-state index in [1.54, 1.807) is 4.90 Å². The van der Waals surface area contributed by atoms with Crippen LogP contribution < -0.4 is 5.32 Å². The van der Waals surface area contributed by atoms with Crippen molar-refractivity contribution in [3.05, 3.63) is 0 Å². The van der Waals surface area contributed by atoms with Gasteiger partial charge in [0.1, 0.15) is 6.04 Å². The van der Waals surface area contributed by atoms with Crippen LogP contribution >= 0.6 is 0 Å². The first-order chi connectivity index (χ1) is 8.35. The summed E-state index contributed by atoms with van der Waals surface area (Å²) in [4.78, 5) is 25.2. The predicted molar refractivity (Wildman–Crippen MR) is 69.1 cm³/mol. The summed E-state index contributed by atoms with van der Waals surface area (Å²) in [5.74, 6) is -0.274. The quantitative estimate of drug-likeness (QED) is 0.760. The number of methoxy groups -OCH3 is 1. The third-order valence-corrected chi connectivity index (χ3v) is 3.04. The molecular weight excluding hydrogens is 232 g/mol. The fraction of sp³-hybridized carbons (Fsp3) is 0.846. The molecule has 1 rings (SSSR count). The van der Waals surface area contributed by atoms with Crippen LogP contribution in [0.1, 0.15) is 40.0 Å². The number of likely N-dealkylation sites (tertiary alicyclic amines) is 1. The molecule has 1 N–H and O–H groups in total. The number of carbonyl (C=O) groups is 2. The number of carbonyl (C=O) groups excluding carboxylic acids is 2.